The topological polar surface area (TPSA) is 53.8 Å². The molecule has 1 aliphatic rings. The Labute approximate surface area is 153 Å². The second-order valence-electron chi connectivity index (χ2n) is 5.32. The van der Waals surface area contributed by atoms with Gasteiger partial charge >= 0.3 is 0 Å². The molecule has 0 radical (unpaired) electrons. The third-order valence-corrected chi connectivity index (χ3v) is 5.98. The predicted octanol–water partition coefficient (Wildman–Crippen LogP) is 5.11. The molecule has 0 fully saturated rings. The quantitative estimate of drug-likeness (QED) is 0.682. The number of halogens is 1. The van der Waals surface area contributed by atoms with Crippen LogP contribution in [0.1, 0.15) is 0 Å². The highest BCUT2D eigenvalue weighted by molar-refractivity contribution is 7.94. The van der Waals surface area contributed by atoms with E-state index in [1.165, 1.54) is 0 Å². The van der Waals surface area contributed by atoms with Crippen molar-refractivity contribution < 1.29 is 4.21 Å². The fourth-order valence-corrected chi connectivity index (χ4v) is 4.55. The molecule has 0 spiro atoms. The van der Waals surface area contributed by atoms with Crippen molar-refractivity contribution in [2.45, 2.75) is 9.79 Å². The molecule has 4 rings (SSSR count). The standard InChI is InChI=1S/C19H15N3OS.ClH/c23-24(16-11-5-2-6-12-16)18-14-8-7-13-17(18)21-19(22-24)20-15-9-3-1-4-10-15;/h1-14H,(H,20,21,22,23);1H. The average molecular weight is 370 g/mol. The van der Waals surface area contributed by atoms with Crippen molar-refractivity contribution in [2.24, 2.45) is 9.36 Å². The molecule has 0 amide bonds. The van der Waals surface area contributed by atoms with E-state index >= 15 is 0 Å². The van der Waals surface area contributed by atoms with Crippen LogP contribution in [0.25, 0.3) is 0 Å². The van der Waals surface area contributed by atoms with Gasteiger partial charge in [-0.3, -0.25) is 0 Å². The highest BCUT2D eigenvalue weighted by Gasteiger charge is 2.24. The molecule has 3 aromatic carbocycles. The van der Waals surface area contributed by atoms with Crippen molar-refractivity contribution in [1.82, 2.24) is 0 Å². The van der Waals surface area contributed by atoms with Gasteiger partial charge in [-0.05, 0) is 36.4 Å². The van der Waals surface area contributed by atoms with Gasteiger partial charge in [-0.25, -0.2) is 9.20 Å². The number of aliphatic imine (C=N–C) groups is 1. The van der Waals surface area contributed by atoms with E-state index in [9.17, 15) is 4.21 Å². The Morgan fingerprint density at radius 3 is 2.08 bits per heavy atom. The van der Waals surface area contributed by atoms with Crippen molar-refractivity contribution in [1.29, 1.82) is 0 Å². The molecule has 0 aliphatic carbocycles. The number of fused-ring (bicyclic) bond motifs is 1. The molecule has 1 unspecified atom stereocenters. The third kappa shape index (κ3) is 3.29. The maximum Gasteiger partial charge on any atom is 0.236 e. The van der Waals surface area contributed by atoms with Gasteiger partial charge in [-0.15, -0.1) is 12.4 Å². The van der Waals surface area contributed by atoms with Crippen molar-refractivity contribution >= 4 is 39.5 Å². The smallest absolute Gasteiger partial charge is 0.236 e. The Morgan fingerprint density at radius 2 is 1.36 bits per heavy atom. The molecule has 1 atom stereocenters. The molecule has 25 heavy (non-hydrogen) atoms. The molecular weight excluding hydrogens is 354 g/mol. The number of hydrogen-bond donors (Lipinski definition) is 1. The largest absolute Gasteiger partial charge is 0.324 e. The third-order valence-electron chi connectivity index (χ3n) is 3.70. The fourth-order valence-electron chi connectivity index (χ4n) is 2.57. The number of nitrogens with one attached hydrogen (secondary N) is 1. The molecule has 0 saturated heterocycles. The highest BCUT2D eigenvalue weighted by Crippen LogP contribution is 2.34. The minimum Gasteiger partial charge on any atom is -0.324 e. The summed E-state index contributed by atoms with van der Waals surface area (Å²) in [5.74, 6) is 0.355. The lowest BCUT2D eigenvalue weighted by molar-refractivity contribution is 0.676. The molecule has 6 heteroatoms. The van der Waals surface area contributed by atoms with Crippen molar-refractivity contribution in [2.75, 3.05) is 5.32 Å². The first kappa shape index (κ1) is 17.2. The van der Waals surface area contributed by atoms with Crippen LogP contribution in [0, 0.1) is 0 Å². The normalized spacial score (nSPS) is 18.2. The lowest BCUT2D eigenvalue weighted by Crippen LogP contribution is -2.17. The Hall–Kier alpha value is -2.63. The molecule has 0 saturated carbocycles. The van der Waals surface area contributed by atoms with Gasteiger partial charge in [-0.2, -0.15) is 4.36 Å². The van der Waals surface area contributed by atoms with Crippen LogP contribution >= 0.6 is 12.4 Å². The molecule has 0 aromatic heterocycles. The minimum absolute atomic E-state index is 0. The predicted molar refractivity (Wildman–Crippen MR) is 104 cm³/mol. The van der Waals surface area contributed by atoms with Crippen molar-refractivity contribution in [3.8, 4) is 0 Å². The number of hydrogen-bond acceptors (Lipinski definition) is 4. The van der Waals surface area contributed by atoms with E-state index in [2.05, 4.69) is 14.7 Å². The van der Waals surface area contributed by atoms with Gasteiger partial charge in [0.15, 0.2) is 0 Å². The van der Waals surface area contributed by atoms with Crippen molar-refractivity contribution in [3.05, 3.63) is 84.9 Å². The Kier molecular flexibility index (Phi) is 4.88. The molecule has 1 heterocycles. The van der Waals surface area contributed by atoms with Gasteiger partial charge in [0.1, 0.15) is 9.73 Å². The number of para-hydroxylation sites is 2. The first-order valence-electron chi connectivity index (χ1n) is 7.58. The Morgan fingerprint density at radius 1 is 0.760 bits per heavy atom. The summed E-state index contributed by atoms with van der Waals surface area (Å²) < 4.78 is 18.2. The first-order valence-corrected chi connectivity index (χ1v) is 9.09. The van der Waals surface area contributed by atoms with Gasteiger partial charge in [-0.1, -0.05) is 48.5 Å². The SMILES string of the molecule is Cl.O=S1(c2ccccc2)=NC(Nc2ccccc2)=Nc2ccccc21. The van der Waals surface area contributed by atoms with E-state index in [4.69, 9.17) is 0 Å². The van der Waals surface area contributed by atoms with Gasteiger partial charge < -0.3 is 5.32 Å². The minimum atomic E-state index is -2.77. The Bertz CT molecular complexity index is 1030. The van der Waals surface area contributed by atoms with E-state index in [0.717, 1.165) is 5.69 Å². The van der Waals surface area contributed by atoms with Crippen LogP contribution in [0.4, 0.5) is 11.4 Å². The highest BCUT2D eigenvalue weighted by atomic mass is 35.5. The van der Waals surface area contributed by atoms with Crippen LogP contribution in [0.5, 0.6) is 0 Å². The number of guanidine groups is 1. The van der Waals surface area contributed by atoms with Crippen LogP contribution in [-0.4, -0.2) is 10.2 Å². The second-order valence-corrected chi connectivity index (χ2v) is 7.47. The van der Waals surface area contributed by atoms with Crippen LogP contribution < -0.4 is 5.32 Å². The van der Waals surface area contributed by atoms with E-state index in [0.29, 0.717) is 21.4 Å². The van der Waals surface area contributed by atoms with Gasteiger partial charge in [0.25, 0.3) is 0 Å². The second kappa shape index (κ2) is 7.09. The van der Waals surface area contributed by atoms with E-state index < -0.39 is 9.73 Å². The summed E-state index contributed by atoms with van der Waals surface area (Å²) in [4.78, 5) is 5.85. The first-order chi connectivity index (χ1) is 11.8. The van der Waals surface area contributed by atoms with E-state index in [1.54, 1.807) is 0 Å². The summed E-state index contributed by atoms with van der Waals surface area (Å²) in [6.07, 6.45) is 0. The number of nitrogens with zero attached hydrogens (tertiary/aromatic N) is 2. The van der Waals surface area contributed by atoms with Crippen LogP contribution in [0.2, 0.25) is 0 Å². The van der Waals surface area contributed by atoms with Crippen LogP contribution in [0.15, 0.2) is 104 Å². The molecule has 126 valence electrons. The zero-order valence-electron chi connectivity index (χ0n) is 13.2. The average Bonchev–Trinajstić information content (AvgIpc) is 2.63. The summed E-state index contributed by atoms with van der Waals surface area (Å²) in [5, 5.41) is 3.15. The summed E-state index contributed by atoms with van der Waals surface area (Å²) in [6, 6.07) is 26.4. The number of rotatable bonds is 2. The summed E-state index contributed by atoms with van der Waals surface area (Å²) >= 11 is 0. The van der Waals surface area contributed by atoms with Crippen molar-refractivity contribution in [3.63, 3.8) is 0 Å². The van der Waals surface area contributed by atoms with Gasteiger partial charge in [0.05, 0.1) is 15.5 Å². The number of benzene rings is 3. The zero-order chi connectivity index (χ0) is 16.4. The molecular formula is C19H16ClN3OS. The molecule has 4 nitrogen and oxygen atoms in total. The lowest BCUT2D eigenvalue weighted by Gasteiger charge is -2.18. The van der Waals surface area contributed by atoms with E-state index in [1.807, 2.05) is 84.9 Å². The maximum atomic E-state index is 13.7. The lowest BCUT2D eigenvalue weighted by atomic mass is 10.3. The monoisotopic (exact) mass is 369 g/mol. The van der Waals surface area contributed by atoms with Gasteiger partial charge in [0, 0.05) is 5.69 Å². The van der Waals surface area contributed by atoms with E-state index in [-0.39, 0.29) is 12.4 Å². The molecule has 3 aromatic rings. The summed E-state index contributed by atoms with van der Waals surface area (Å²) in [5.41, 5.74) is 1.54. The Balaban J connectivity index is 0.00000182. The molecule has 1 N–H and O–H groups in total. The van der Waals surface area contributed by atoms with Crippen LogP contribution in [-0.2, 0) is 9.73 Å². The van der Waals surface area contributed by atoms with Gasteiger partial charge in [0.2, 0.25) is 5.96 Å². The maximum absolute atomic E-state index is 13.7. The summed E-state index contributed by atoms with van der Waals surface area (Å²) in [7, 11) is -2.77. The molecule has 0 bridgehead atoms. The zero-order valence-corrected chi connectivity index (χ0v) is 14.8. The summed E-state index contributed by atoms with van der Waals surface area (Å²) in [6.45, 7) is 0. The number of anilines is 1. The van der Waals surface area contributed by atoms with Crippen LogP contribution in [0.3, 0.4) is 0 Å². The molecule has 1 aliphatic heterocycles. The fraction of sp³-hybridized carbons (Fsp3) is 0.